The van der Waals surface area contributed by atoms with Gasteiger partial charge in [-0.3, -0.25) is 0 Å². The summed E-state index contributed by atoms with van der Waals surface area (Å²) in [5.74, 6) is 0. The lowest BCUT2D eigenvalue weighted by Crippen LogP contribution is -2.27. The highest BCUT2D eigenvalue weighted by atomic mass is 32.1. The first-order valence-corrected chi connectivity index (χ1v) is 19.3. The molecule has 1 aliphatic rings. The molecule has 10 aromatic rings. The van der Waals surface area contributed by atoms with Gasteiger partial charge in [0.15, 0.2) is 0 Å². The van der Waals surface area contributed by atoms with Gasteiger partial charge in [0.05, 0.1) is 16.7 Å². The van der Waals surface area contributed by atoms with Gasteiger partial charge in [-0.25, -0.2) is 4.99 Å². The van der Waals surface area contributed by atoms with Gasteiger partial charge in [0.1, 0.15) is 0 Å². The zero-order valence-corrected chi connectivity index (χ0v) is 30.0. The van der Waals surface area contributed by atoms with Gasteiger partial charge in [0.25, 0.3) is 0 Å². The van der Waals surface area contributed by atoms with Gasteiger partial charge in [-0.2, -0.15) is 0 Å². The number of hydrogen-bond acceptors (Lipinski definition) is 4. The highest BCUT2D eigenvalue weighted by molar-refractivity contribution is 7.26. The molecule has 0 N–H and O–H groups in total. The average Bonchev–Trinajstić information content (AvgIpc) is 3.88. The Morgan fingerprint density at radius 3 is 1.71 bits per heavy atom. The summed E-state index contributed by atoms with van der Waals surface area (Å²) in [5, 5.41) is 7.78. The fourth-order valence-electron chi connectivity index (χ4n) is 8.12. The lowest BCUT2D eigenvalue weighted by atomic mass is 10.00. The first kappa shape index (κ1) is 29.7. The molecule has 0 bridgehead atoms. The number of fused-ring (bicyclic) bond motifs is 9. The van der Waals surface area contributed by atoms with E-state index >= 15 is 0 Å². The molecular weight excluding hydrogens is 671 g/mol. The predicted octanol–water partition coefficient (Wildman–Crippen LogP) is 13.3. The van der Waals surface area contributed by atoms with Gasteiger partial charge >= 0.3 is 0 Å². The van der Waals surface area contributed by atoms with Crippen LogP contribution in [-0.4, -0.2) is 22.2 Å². The number of nitrogens with zero attached hydrogens (tertiary/aromatic N) is 3. The van der Waals surface area contributed by atoms with Crippen molar-refractivity contribution in [3.05, 3.63) is 169 Å². The standard InChI is InChI=1S/C47H31N3S2/c1-49-27-26-40(30-22-20-29(21-23-30)32-13-8-15-37-35-11-3-6-18-43(35)51-45(32)37)48-47(49)50-41-17-5-2-10-34(41)39-28-31(24-25-42(39)50)33-14-9-16-38-36-12-4-7-19-44(36)52-46(33)38/h2-28,47H,1H3. The van der Waals surface area contributed by atoms with E-state index in [-0.39, 0.29) is 6.29 Å². The van der Waals surface area contributed by atoms with E-state index < -0.39 is 0 Å². The molecule has 3 aromatic heterocycles. The summed E-state index contributed by atoms with van der Waals surface area (Å²) in [4.78, 5) is 7.63. The Bertz CT molecular complexity index is 3100. The van der Waals surface area contributed by atoms with Crippen molar-refractivity contribution >= 4 is 90.5 Å². The van der Waals surface area contributed by atoms with Crippen LogP contribution < -0.4 is 0 Å². The zero-order valence-electron chi connectivity index (χ0n) is 28.3. The Kier molecular flexibility index (Phi) is 6.57. The number of thiophene rings is 2. The van der Waals surface area contributed by atoms with Crippen LogP contribution in [0.3, 0.4) is 0 Å². The summed E-state index contributed by atoms with van der Waals surface area (Å²) >= 11 is 3.76. The van der Waals surface area contributed by atoms with Crippen LogP contribution in [0.4, 0.5) is 0 Å². The molecule has 7 aromatic carbocycles. The summed E-state index contributed by atoms with van der Waals surface area (Å²) in [6, 6.07) is 55.5. The van der Waals surface area contributed by atoms with E-state index in [0.717, 1.165) is 11.3 Å². The molecule has 246 valence electrons. The van der Waals surface area contributed by atoms with Crippen LogP contribution in [0.25, 0.3) is 84.4 Å². The quantitative estimate of drug-likeness (QED) is 0.179. The van der Waals surface area contributed by atoms with E-state index in [1.807, 2.05) is 22.7 Å². The molecule has 4 heterocycles. The van der Waals surface area contributed by atoms with Crippen molar-refractivity contribution in [2.45, 2.75) is 6.29 Å². The molecule has 52 heavy (non-hydrogen) atoms. The van der Waals surface area contributed by atoms with Gasteiger partial charge < -0.3 is 9.47 Å². The van der Waals surface area contributed by atoms with E-state index in [1.54, 1.807) is 0 Å². The Hall–Kier alpha value is -6.01. The van der Waals surface area contributed by atoms with Crippen LogP contribution in [0, 0.1) is 0 Å². The van der Waals surface area contributed by atoms with Crippen molar-refractivity contribution in [1.82, 2.24) is 9.47 Å². The number of hydrogen-bond donors (Lipinski definition) is 0. The summed E-state index contributed by atoms with van der Waals surface area (Å²) in [6.07, 6.45) is 4.07. The number of allylic oxidation sites excluding steroid dienone is 1. The Morgan fingerprint density at radius 2 is 1.02 bits per heavy atom. The molecule has 0 aliphatic carbocycles. The molecule has 0 fully saturated rings. The summed E-state index contributed by atoms with van der Waals surface area (Å²) in [6.45, 7) is 0. The number of rotatable bonds is 4. The SMILES string of the molecule is CN1C=CC(c2ccc(-c3cccc4c3sc3ccccc34)cc2)=NC1n1c2ccccc2c2cc(-c3cccc4c3sc3ccccc34)ccc21. The molecule has 1 unspecified atom stereocenters. The minimum atomic E-state index is -0.230. The predicted molar refractivity (Wildman–Crippen MR) is 225 cm³/mol. The number of para-hydroxylation sites is 1. The van der Waals surface area contributed by atoms with Crippen molar-refractivity contribution < 1.29 is 0 Å². The molecule has 0 spiro atoms. The van der Waals surface area contributed by atoms with Crippen molar-refractivity contribution in [2.75, 3.05) is 7.05 Å². The summed E-state index contributed by atoms with van der Waals surface area (Å²) in [5.41, 5.74) is 9.46. The van der Waals surface area contributed by atoms with Gasteiger partial charge in [-0.15, -0.1) is 22.7 Å². The molecule has 5 heteroatoms. The highest BCUT2D eigenvalue weighted by Crippen LogP contribution is 2.43. The van der Waals surface area contributed by atoms with Crippen molar-refractivity contribution in [1.29, 1.82) is 0 Å². The van der Waals surface area contributed by atoms with Crippen LogP contribution in [0.2, 0.25) is 0 Å². The second-order valence-electron chi connectivity index (χ2n) is 13.6. The third-order valence-electron chi connectivity index (χ3n) is 10.6. The fourth-order valence-corrected chi connectivity index (χ4v) is 10.6. The first-order valence-electron chi connectivity index (χ1n) is 17.6. The number of benzene rings is 7. The number of aromatic nitrogens is 1. The summed E-state index contributed by atoms with van der Waals surface area (Å²) < 4.78 is 7.73. The third-order valence-corrected chi connectivity index (χ3v) is 13.1. The van der Waals surface area contributed by atoms with E-state index in [1.165, 1.54) is 84.4 Å². The molecule has 1 atom stereocenters. The van der Waals surface area contributed by atoms with Crippen LogP contribution in [0.15, 0.2) is 169 Å². The zero-order chi connectivity index (χ0) is 34.3. The van der Waals surface area contributed by atoms with Gasteiger partial charge in [0.2, 0.25) is 6.29 Å². The minimum absolute atomic E-state index is 0.230. The smallest absolute Gasteiger partial charge is 0.203 e. The van der Waals surface area contributed by atoms with Crippen molar-refractivity contribution in [3.63, 3.8) is 0 Å². The second kappa shape index (κ2) is 11.5. The van der Waals surface area contributed by atoms with Crippen molar-refractivity contribution in [2.24, 2.45) is 4.99 Å². The number of aliphatic imine (C=N–C) groups is 1. The van der Waals surface area contributed by atoms with Crippen molar-refractivity contribution in [3.8, 4) is 22.3 Å². The maximum atomic E-state index is 5.43. The van der Waals surface area contributed by atoms with Crippen LogP contribution >= 0.6 is 22.7 Å². The van der Waals surface area contributed by atoms with Crippen LogP contribution in [0.5, 0.6) is 0 Å². The molecule has 11 rings (SSSR count). The molecule has 0 saturated carbocycles. The largest absolute Gasteiger partial charge is 0.342 e. The Labute approximate surface area is 308 Å². The topological polar surface area (TPSA) is 20.5 Å². The fraction of sp³-hybridized carbons (Fsp3) is 0.0426. The Morgan fingerprint density at radius 1 is 0.481 bits per heavy atom. The lowest BCUT2D eigenvalue weighted by Gasteiger charge is -2.30. The third kappa shape index (κ3) is 4.46. The first-order chi connectivity index (χ1) is 25.7. The van der Waals surface area contributed by atoms with E-state index in [2.05, 4.69) is 180 Å². The molecule has 0 saturated heterocycles. The lowest BCUT2D eigenvalue weighted by molar-refractivity contribution is 0.266. The van der Waals surface area contributed by atoms with E-state index in [0.29, 0.717) is 0 Å². The van der Waals surface area contributed by atoms with E-state index in [9.17, 15) is 0 Å². The molecular formula is C47H31N3S2. The van der Waals surface area contributed by atoms with Gasteiger partial charge in [-0.1, -0.05) is 121 Å². The monoisotopic (exact) mass is 701 g/mol. The maximum Gasteiger partial charge on any atom is 0.203 e. The second-order valence-corrected chi connectivity index (χ2v) is 15.7. The van der Waals surface area contributed by atoms with Gasteiger partial charge in [0, 0.05) is 64.4 Å². The average molecular weight is 702 g/mol. The van der Waals surface area contributed by atoms with Crippen LogP contribution in [0.1, 0.15) is 11.9 Å². The van der Waals surface area contributed by atoms with Gasteiger partial charge in [-0.05, 0) is 64.2 Å². The molecule has 0 amide bonds. The molecule has 3 nitrogen and oxygen atoms in total. The molecule has 0 radical (unpaired) electrons. The molecule has 1 aliphatic heterocycles. The normalized spacial score (nSPS) is 14.8. The maximum absolute atomic E-state index is 5.43. The Balaban J connectivity index is 1.00. The van der Waals surface area contributed by atoms with Crippen LogP contribution in [-0.2, 0) is 0 Å². The van der Waals surface area contributed by atoms with E-state index in [4.69, 9.17) is 4.99 Å². The highest BCUT2D eigenvalue weighted by Gasteiger charge is 2.24. The summed E-state index contributed by atoms with van der Waals surface area (Å²) in [7, 11) is 2.12. The minimum Gasteiger partial charge on any atom is -0.342 e.